The van der Waals surface area contributed by atoms with E-state index in [4.69, 9.17) is 0 Å². The second-order valence-electron chi connectivity index (χ2n) is 5.81. The summed E-state index contributed by atoms with van der Waals surface area (Å²) < 4.78 is 0. The molecule has 0 aliphatic heterocycles. The molecule has 2 rings (SSSR count). The van der Waals surface area contributed by atoms with E-state index in [1.165, 1.54) is 12.8 Å². The zero-order valence-corrected chi connectivity index (χ0v) is 13.7. The number of hydrogen-bond acceptors (Lipinski definition) is 0. The van der Waals surface area contributed by atoms with E-state index in [0.717, 1.165) is 0 Å². The van der Waals surface area contributed by atoms with Gasteiger partial charge in [0.15, 0.2) is 0 Å². The molecule has 1 aromatic rings. The Bertz CT molecular complexity index is 310. The second-order valence-corrected chi connectivity index (χ2v) is 5.81. The minimum atomic E-state index is 0.367. The van der Waals surface area contributed by atoms with Crippen LogP contribution < -0.4 is 0 Å². The van der Waals surface area contributed by atoms with E-state index < -0.39 is 0 Å². The molecule has 104 valence electrons. The van der Waals surface area contributed by atoms with Gasteiger partial charge in [0, 0.05) is 0 Å². The summed E-state index contributed by atoms with van der Waals surface area (Å²) >= 11 is 0. The molecule has 0 radical (unpaired) electrons. The fraction of sp³-hybridized carbons (Fsp3) is 0.667. The quantitative estimate of drug-likeness (QED) is 0.521. The van der Waals surface area contributed by atoms with Crippen LogP contribution in [-0.4, -0.2) is 0 Å². The lowest BCUT2D eigenvalue weighted by atomic mass is 9.63. The highest BCUT2D eigenvalue weighted by atomic mass is 14.4. The average molecular weight is 248 g/mol. The smallest absolute Gasteiger partial charge is 0.0100 e. The predicted octanol–water partition coefficient (Wildman–Crippen LogP) is 6.09. The maximum Gasteiger partial charge on any atom is -0.0100 e. The van der Waals surface area contributed by atoms with Gasteiger partial charge in [0.2, 0.25) is 0 Å². The molecule has 18 heavy (non-hydrogen) atoms. The van der Waals surface area contributed by atoms with E-state index in [-0.39, 0.29) is 0 Å². The lowest BCUT2D eigenvalue weighted by Crippen LogP contribution is -2.33. The Morgan fingerprint density at radius 3 is 1.22 bits per heavy atom. The molecular weight excluding hydrogens is 216 g/mol. The van der Waals surface area contributed by atoms with Gasteiger partial charge in [0.25, 0.3) is 0 Å². The van der Waals surface area contributed by atoms with E-state index in [0.29, 0.717) is 10.8 Å². The molecule has 1 aliphatic rings. The average Bonchev–Trinajstić information content (AvgIpc) is 2.40. The summed E-state index contributed by atoms with van der Waals surface area (Å²) in [6.07, 6.45) is 2.61. The number of rotatable bonds is 0. The van der Waals surface area contributed by atoms with Gasteiger partial charge in [0.05, 0.1) is 0 Å². The van der Waals surface area contributed by atoms with Crippen LogP contribution in [0.4, 0.5) is 0 Å². The molecule has 0 atom stereocenters. The topological polar surface area (TPSA) is 0 Å². The van der Waals surface area contributed by atoms with Crippen LogP contribution in [0.25, 0.3) is 0 Å². The van der Waals surface area contributed by atoms with Crippen molar-refractivity contribution < 1.29 is 0 Å². The van der Waals surface area contributed by atoms with Gasteiger partial charge < -0.3 is 0 Å². The Kier molecular flexibility index (Phi) is 6.67. The molecule has 0 unspecified atom stereocenters. The summed E-state index contributed by atoms with van der Waals surface area (Å²) in [5, 5.41) is 0. The third-order valence-corrected chi connectivity index (χ3v) is 3.76. The third-order valence-electron chi connectivity index (χ3n) is 3.76. The summed E-state index contributed by atoms with van der Waals surface area (Å²) in [7, 11) is 0. The Morgan fingerprint density at radius 2 is 0.944 bits per heavy atom. The first-order valence-electron chi connectivity index (χ1n) is 7.53. The van der Waals surface area contributed by atoms with Crippen molar-refractivity contribution >= 4 is 0 Å². The molecule has 0 bridgehead atoms. The van der Waals surface area contributed by atoms with E-state index in [1.807, 2.05) is 27.7 Å². The van der Waals surface area contributed by atoms with Crippen LogP contribution in [0.2, 0.25) is 0 Å². The summed E-state index contributed by atoms with van der Waals surface area (Å²) in [5.41, 5.74) is 3.84. The zero-order valence-electron chi connectivity index (χ0n) is 13.7. The van der Waals surface area contributed by atoms with Crippen molar-refractivity contribution in [1.82, 2.24) is 0 Å². The van der Waals surface area contributed by atoms with Crippen molar-refractivity contribution in [1.29, 1.82) is 0 Å². The SMILES string of the molecule is CC.CC.CC1(C)CCC(C)(C)c2ccccc21. The minimum absolute atomic E-state index is 0.367. The molecular formula is C18H32. The highest BCUT2D eigenvalue weighted by Crippen LogP contribution is 2.45. The molecule has 0 aromatic heterocycles. The van der Waals surface area contributed by atoms with Crippen LogP contribution in [0.1, 0.15) is 79.4 Å². The maximum atomic E-state index is 2.36. The van der Waals surface area contributed by atoms with Gasteiger partial charge in [-0.2, -0.15) is 0 Å². The van der Waals surface area contributed by atoms with E-state index >= 15 is 0 Å². The first kappa shape index (κ1) is 17.2. The summed E-state index contributed by atoms with van der Waals surface area (Å²) in [5.74, 6) is 0. The van der Waals surface area contributed by atoms with Gasteiger partial charge in [-0.3, -0.25) is 0 Å². The van der Waals surface area contributed by atoms with Crippen LogP contribution in [0.3, 0.4) is 0 Å². The van der Waals surface area contributed by atoms with E-state index in [1.54, 1.807) is 11.1 Å². The van der Waals surface area contributed by atoms with Crippen molar-refractivity contribution in [3.63, 3.8) is 0 Å². The second kappa shape index (κ2) is 6.97. The molecule has 0 spiro atoms. The van der Waals surface area contributed by atoms with E-state index in [9.17, 15) is 0 Å². The van der Waals surface area contributed by atoms with Crippen LogP contribution >= 0.6 is 0 Å². The molecule has 1 aliphatic carbocycles. The Hall–Kier alpha value is -0.780. The normalized spacial score (nSPS) is 18.4. The van der Waals surface area contributed by atoms with Crippen molar-refractivity contribution in [2.45, 2.75) is 79.1 Å². The number of hydrogen-bond donors (Lipinski definition) is 0. The molecule has 1 aromatic carbocycles. The fourth-order valence-corrected chi connectivity index (χ4v) is 2.56. The molecule has 0 saturated heterocycles. The van der Waals surface area contributed by atoms with Gasteiger partial charge in [0.1, 0.15) is 0 Å². The van der Waals surface area contributed by atoms with Crippen LogP contribution in [0, 0.1) is 0 Å². The fourth-order valence-electron chi connectivity index (χ4n) is 2.56. The highest BCUT2D eigenvalue weighted by molar-refractivity contribution is 5.40. The zero-order chi connectivity index (χ0) is 14.4. The third kappa shape index (κ3) is 3.60. The monoisotopic (exact) mass is 248 g/mol. The largest absolute Gasteiger partial charge is 0.0683 e. The van der Waals surface area contributed by atoms with E-state index in [2.05, 4.69) is 52.0 Å². The first-order valence-corrected chi connectivity index (χ1v) is 7.53. The van der Waals surface area contributed by atoms with Gasteiger partial charge in [-0.1, -0.05) is 79.7 Å². The van der Waals surface area contributed by atoms with Crippen molar-refractivity contribution in [3.05, 3.63) is 35.4 Å². The number of fused-ring (bicyclic) bond motifs is 1. The molecule has 0 amide bonds. The lowest BCUT2D eigenvalue weighted by Gasteiger charge is -2.41. The molecule has 0 nitrogen and oxygen atoms in total. The lowest BCUT2D eigenvalue weighted by molar-refractivity contribution is 0.332. The van der Waals surface area contributed by atoms with Crippen LogP contribution in [0.15, 0.2) is 24.3 Å². The van der Waals surface area contributed by atoms with Crippen molar-refractivity contribution in [3.8, 4) is 0 Å². The predicted molar refractivity (Wildman–Crippen MR) is 84.4 cm³/mol. The summed E-state index contributed by atoms with van der Waals surface area (Å²) in [6.45, 7) is 17.4. The molecule has 0 heteroatoms. The Morgan fingerprint density at radius 1 is 0.667 bits per heavy atom. The molecule has 0 fully saturated rings. The highest BCUT2D eigenvalue weighted by Gasteiger charge is 2.36. The summed E-state index contributed by atoms with van der Waals surface area (Å²) in [4.78, 5) is 0. The standard InChI is InChI=1S/C14H20.2C2H6/c1-13(2)9-10-14(3,4)12-8-6-5-7-11(12)13;2*1-2/h5-8H,9-10H2,1-4H3;2*1-2H3. The van der Waals surface area contributed by atoms with Crippen LogP contribution in [-0.2, 0) is 10.8 Å². The molecule has 0 saturated carbocycles. The first-order chi connectivity index (χ1) is 8.43. The Balaban J connectivity index is 0.000000659. The molecule has 0 N–H and O–H groups in total. The molecule has 0 heterocycles. The summed E-state index contributed by atoms with van der Waals surface area (Å²) in [6, 6.07) is 8.94. The van der Waals surface area contributed by atoms with Gasteiger partial charge in [-0.25, -0.2) is 0 Å². The van der Waals surface area contributed by atoms with Gasteiger partial charge in [-0.05, 0) is 34.8 Å². The van der Waals surface area contributed by atoms with Crippen molar-refractivity contribution in [2.75, 3.05) is 0 Å². The Labute approximate surface area is 115 Å². The van der Waals surface area contributed by atoms with Gasteiger partial charge in [-0.15, -0.1) is 0 Å². The minimum Gasteiger partial charge on any atom is -0.0683 e. The van der Waals surface area contributed by atoms with Crippen LogP contribution in [0.5, 0.6) is 0 Å². The van der Waals surface area contributed by atoms with Crippen molar-refractivity contribution in [2.24, 2.45) is 0 Å². The maximum absolute atomic E-state index is 2.36. The number of benzene rings is 1. The van der Waals surface area contributed by atoms with Gasteiger partial charge >= 0.3 is 0 Å².